The van der Waals surface area contributed by atoms with Crippen LogP contribution in [0.1, 0.15) is 27.2 Å². The number of rotatable bonds is 1. The van der Waals surface area contributed by atoms with Gasteiger partial charge in [0.1, 0.15) is 0 Å². The first-order valence-electron chi connectivity index (χ1n) is 3.55. The molecule has 60 valence electrons. The van der Waals surface area contributed by atoms with Crippen molar-refractivity contribution in [1.82, 2.24) is 5.32 Å². The maximum Gasteiger partial charge on any atom is -0.00804 e. The molecule has 0 aromatic heterocycles. The Morgan fingerprint density at radius 1 is 1.11 bits per heavy atom. The summed E-state index contributed by atoms with van der Waals surface area (Å²) in [6, 6.07) is 0. The Labute approximate surface area is 59.8 Å². The lowest BCUT2D eigenvalue weighted by atomic mass is 10.6. The zero-order chi connectivity index (χ0) is 8.12. The van der Waals surface area contributed by atoms with Gasteiger partial charge in [-0.15, -0.1) is 0 Å². The molecule has 9 heavy (non-hydrogen) atoms. The Balaban J connectivity index is -0.0000000646. The van der Waals surface area contributed by atoms with Gasteiger partial charge in [-0.2, -0.15) is 0 Å². The Kier molecular flexibility index (Phi) is 78.9. The van der Waals surface area contributed by atoms with Crippen LogP contribution in [-0.4, -0.2) is 20.6 Å². The van der Waals surface area contributed by atoms with Crippen molar-refractivity contribution in [2.45, 2.75) is 27.2 Å². The Morgan fingerprint density at radius 3 is 1.22 bits per heavy atom. The Hall–Kier alpha value is -0.0800. The van der Waals surface area contributed by atoms with E-state index in [2.05, 4.69) is 31.8 Å². The van der Waals surface area contributed by atoms with Crippen molar-refractivity contribution >= 4 is 0 Å². The van der Waals surface area contributed by atoms with E-state index in [1.54, 1.807) is 0 Å². The number of nitrogens with one attached hydrogen (secondary N) is 1. The zero-order valence-corrected chi connectivity index (χ0v) is 7.49. The maximum absolute atomic E-state index is 4.50. The second kappa shape index (κ2) is 44.5. The van der Waals surface area contributed by atoms with Crippen LogP contribution in [0.15, 0.2) is 0 Å². The van der Waals surface area contributed by atoms with Gasteiger partial charge in [0, 0.05) is 0 Å². The molecule has 0 aromatic rings. The quantitative estimate of drug-likeness (QED) is 0.566. The van der Waals surface area contributed by atoms with Gasteiger partial charge >= 0.3 is 0 Å². The summed E-state index contributed by atoms with van der Waals surface area (Å²) in [5.74, 6) is 0. The largest absolute Gasteiger partial charge is 0.333 e. The van der Waals surface area contributed by atoms with Crippen molar-refractivity contribution < 1.29 is 0 Å². The van der Waals surface area contributed by atoms with Crippen molar-refractivity contribution in [2.24, 2.45) is 5.73 Å². The van der Waals surface area contributed by atoms with Gasteiger partial charge in [-0.3, -0.25) is 0 Å². The molecule has 0 aromatic carbocycles. The van der Waals surface area contributed by atoms with E-state index in [0.29, 0.717) is 0 Å². The van der Waals surface area contributed by atoms with Crippen molar-refractivity contribution in [2.75, 3.05) is 20.6 Å². The van der Waals surface area contributed by atoms with Crippen LogP contribution in [0.4, 0.5) is 0 Å². The maximum atomic E-state index is 4.50. The van der Waals surface area contributed by atoms with Crippen LogP contribution < -0.4 is 11.1 Å². The first kappa shape index (κ1) is 16.0. The summed E-state index contributed by atoms with van der Waals surface area (Å²) in [7, 11) is 3.43. The Bertz CT molecular complexity index is 14.4. The van der Waals surface area contributed by atoms with Crippen LogP contribution in [0, 0.1) is 0 Å². The van der Waals surface area contributed by atoms with Crippen LogP contribution >= 0.6 is 0 Å². The van der Waals surface area contributed by atoms with Crippen molar-refractivity contribution in [3.05, 3.63) is 0 Å². The van der Waals surface area contributed by atoms with E-state index in [9.17, 15) is 0 Å². The van der Waals surface area contributed by atoms with Crippen molar-refractivity contribution in [3.8, 4) is 0 Å². The van der Waals surface area contributed by atoms with Gasteiger partial charge in [0.25, 0.3) is 0 Å². The molecule has 0 spiro atoms. The lowest BCUT2D eigenvalue weighted by Gasteiger charge is -1.76. The molecular weight excluding hydrogens is 112 g/mol. The fourth-order valence-electron chi connectivity index (χ4n) is 0. The summed E-state index contributed by atoms with van der Waals surface area (Å²) in [5.41, 5.74) is 4.50. The summed E-state index contributed by atoms with van der Waals surface area (Å²) in [6.45, 7) is 7.39. The molecule has 0 fully saturated rings. The molecule has 0 aliphatic rings. The molecule has 0 saturated carbocycles. The number of nitrogens with two attached hydrogens (primary N) is 1. The molecule has 0 atom stereocenters. The normalized spacial score (nSPS) is 6.00. The molecule has 3 N–H and O–H groups in total. The highest BCUT2D eigenvalue weighted by Gasteiger charge is 1.50. The summed E-state index contributed by atoms with van der Waals surface area (Å²) >= 11 is 0. The summed E-state index contributed by atoms with van der Waals surface area (Å²) in [4.78, 5) is 0. The lowest BCUT2D eigenvalue weighted by Crippen LogP contribution is -2.01. The smallest absolute Gasteiger partial charge is 0.00804 e. The van der Waals surface area contributed by atoms with Gasteiger partial charge in [0.2, 0.25) is 0 Å². The van der Waals surface area contributed by atoms with Gasteiger partial charge in [-0.1, -0.05) is 27.2 Å². The molecule has 0 bridgehead atoms. The van der Waals surface area contributed by atoms with Crippen molar-refractivity contribution in [1.29, 1.82) is 0 Å². The van der Waals surface area contributed by atoms with Gasteiger partial charge in [0.05, 0.1) is 0 Å². The highest BCUT2D eigenvalue weighted by Crippen LogP contribution is 1.56. The Morgan fingerprint density at radius 2 is 1.22 bits per heavy atom. The van der Waals surface area contributed by atoms with E-state index < -0.39 is 0 Å². The molecule has 0 rings (SSSR count). The standard InChI is InChI=1S/C3H9N.C3H8.CH5N/c1-3-4-2;1-3-2;1-2/h4H,3H2,1-2H3;3H2,1-2H3;2H2,1H3. The third-order valence-electron chi connectivity index (χ3n) is 0.354. The predicted molar refractivity (Wildman–Crippen MR) is 45.7 cm³/mol. The average molecular weight is 134 g/mol. The fourth-order valence-corrected chi connectivity index (χ4v) is 0. The van der Waals surface area contributed by atoms with E-state index in [4.69, 9.17) is 0 Å². The van der Waals surface area contributed by atoms with Gasteiger partial charge in [-0.25, -0.2) is 0 Å². The summed E-state index contributed by atoms with van der Waals surface area (Å²) in [5, 5.41) is 2.93. The summed E-state index contributed by atoms with van der Waals surface area (Å²) in [6.07, 6.45) is 1.25. The monoisotopic (exact) mass is 134 g/mol. The molecule has 0 aliphatic heterocycles. The minimum atomic E-state index is 1.07. The van der Waals surface area contributed by atoms with Crippen LogP contribution in [0.3, 0.4) is 0 Å². The molecular formula is C7H22N2. The molecule has 0 unspecified atom stereocenters. The van der Waals surface area contributed by atoms with E-state index in [1.165, 1.54) is 13.5 Å². The zero-order valence-electron chi connectivity index (χ0n) is 7.49. The second-order valence-corrected chi connectivity index (χ2v) is 1.41. The van der Waals surface area contributed by atoms with Crippen molar-refractivity contribution in [3.63, 3.8) is 0 Å². The van der Waals surface area contributed by atoms with Crippen LogP contribution in [-0.2, 0) is 0 Å². The topological polar surface area (TPSA) is 38.0 Å². The highest BCUT2D eigenvalue weighted by molar-refractivity contribution is 4.15. The minimum absolute atomic E-state index is 1.07. The van der Waals surface area contributed by atoms with Gasteiger partial charge in [0.15, 0.2) is 0 Å². The first-order valence-corrected chi connectivity index (χ1v) is 3.55. The minimum Gasteiger partial charge on any atom is -0.333 e. The molecule has 0 heterocycles. The third-order valence-corrected chi connectivity index (χ3v) is 0.354. The molecule has 2 nitrogen and oxygen atoms in total. The van der Waals surface area contributed by atoms with Crippen LogP contribution in [0.2, 0.25) is 0 Å². The second-order valence-electron chi connectivity index (χ2n) is 1.41. The molecule has 0 amide bonds. The lowest BCUT2D eigenvalue weighted by molar-refractivity contribution is 0.864. The van der Waals surface area contributed by atoms with Crippen LogP contribution in [0.5, 0.6) is 0 Å². The fraction of sp³-hybridized carbons (Fsp3) is 1.00. The number of hydrogen-bond acceptors (Lipinski definition) is 2. The first-order chi connectivity index (χ1) is 4.33. The molecule has 0 saturated heterocycles. The van der Waals surface area contributed by atoms with E-state index in [-0.39, 0.29) is 0 Å². The van der Waals surface area contributed by atoms with Gasteiger partial charge in [-0.05, 0) is 20.6 Å². The third kappa shape index (κ3) is 328. The summed E-state index contributed by atoms with van der Waals surface area (Å²) < 4.78 is 0. The predicted octanol–water partition coefficient (Wildman–Crippen LogP) is 1.22. The van der Waals surface area contributed by atoms with E-state index in [1.807, 2.05) is 7.05 Å². The average Bonchev–Trinajstić information content (AvgIpc) is 1.94. The van der Waals surface area contributed by atoms with E-state index in [0.717, 1.165) is 6.54 Å². The van der Waals surface area contributed by atoms with Gasteiger partial charge < -0.3 is 11.1 Å². The highest BCUT2D eigenvalue weighted by atomic mass is 14.8. The molecule has 2 heteroatoms. The SMILES string of the molecule is CCC.CCNC.CN. The molecule has 0 radical (unpaired) electrons. The molecule has 0 aliphatic carbocycles. The number of hydrogen-bond donors (Lipinski definition) is 2. The van der Waals surface area contributed by atoms with Crippen LogP contribution in [0.25, 0.3) is 0 Å². The van der Waals surface area contributed by atoms with E-state index >= 15 is 0 Å².